The first-order valence-corrected chi connectivity index (χ1v) is 13.0. The van der Waals surface area contributed by atoms with Gasteiger partial charge in [-0.15, -0.1) is 29.5 Å². The van der Waals surface area contributed by atoms with Crippen molar-refractivity contribution in [2.75, 3.05) is 18.1 Å². The molecule has 14 heteroatoms. The minimum absolute atomic E-state index is 0.103. The van der Waals surface area contributed by atoms with Crippen LogP contribution in [-0.2, 0) is 19.2 Å². The number of rotatable bonds is 9. The largest absolute Gasteiger partial charge is 0.477 e. The lowest BCUT2D eigenvalue weighted by Gasteiger charge is -2.49. The van der Waals surface area contributed by atoms with Gasteiger partial charge in [-0.2, -0.15) is 0 Å². The number of anilines is 1. The van der Waals surface area contributed by atoms with Crippen LogP contribution in [0.15, 0.2) is 51.1 Å². The number of aliphatic carboxylic acids is 1. The Kier molecular flexibility index (Phi) is 7.93. The van der Waals surface area contributed by atoms with E-state index in [-0.39, 0.29) is 28.8 Å². The van der Waals surface area contributed by atoms with Gasteiger partial charge >= 0.3 is 5.97 Å². The van der Waals surface area contributed by atoms with Crippen LogP contribution in [0.4, 0.5) is 5.13 Å². The Labute approximate surface area is 217 Å². The van der Waals surface area contributed by atoms with Crippen LogP contribution in [0.25, 0.3) is 6.08 Å². The van der Waals surface area contributed by atoms with E-state index in [4.69, 9.17) is 17.0 Å². The number of thioether (sulfide) groups is 2. The molecule has 11 nitrogen and oxygen atoms in total. The molecule has 2 aliphatic rings. The number of carbonyl (C=O) groups excluding carboxylic acids is 2. The number of nitrogens with two attached hydrogens (primary N) is 1. The molecule has 0 radical (unpaired) electrons. The number of β-lactam (4-membered cyclic amide) rings is 1. The van der Waals surface area contributed by atoms with Crippen molar-refractivity contribution in [3.63, 3.8) is 0 Å². The molecule has 4 N–H and O–H groups in total. The normalized spacial score (nSPS) is 19.5. The molecular weight excluding hydrogens is 524 g/mol. The van der Waals surface area contributed by atoms with Gasteiger partial charge in [0.2, 0.25) is 0 Å². The second-order valence-electron chi connectivity index (χ2n) is 7.13. The van der Waals surface area contributed by atoms with Gasteiger partial charge in [0.1, 0.15) is 22.8 Å². The van der Waals surface area contributed by atoms with Crippen molar-refractivity contribution < 1.29 is 24.3 Å². The highest BCUT2D eigenvalue weighted by molar-refractivity contribution is 8.08. The van der Waals surface area contributed by atoms with E-state index in [9.17, 15) is 19.5 Å². The van der Waals surface area contributed by atoms with Crippen LogP contribution in [0.3, 0.4) is 0 Å². The number of hydrogen-bond acceptors (Lipinski definition) is 11. The Morgan fingerprint density at radius 1 is 1.50 bits per heavy atom. The highest BCUT2D eigenvalue weighted by Gasteiger charge is 2.54. The molecule has 2 aromatic rings. The number of carbonyl (C=O) groups is 3. The summed E-state index contributed by atoms with van der Waals surface area (Å²) >= 11 is 3.67. The number of fused-ring (bicyclic) bond motifs is 1. The molecule has 2 atom stereocenters. The van der Waals surface area contributed by atoms with E-state index < -0.39 is 29.2 Å². The predicted molar refractivity (Wildman–Crippen MR) is 138 cm³/mol. The molecule has 4 heterocycles. The first-order chi connectivity index (χ1) is 17.4. The van der Waals surface area contributed by atoms with Crippen molar-refractivity contribution in [3.8, 4) is 12.3 Å². The van der Waals surface area contributed by atoms with E-state index in [1.165, 1.54) is 33.8 Å². The highest BCUT2D eigenvalue weighted by atomic mass is 32.2. The summed E-state index contributed by atoms with van der Waals surface area (Å²) in [5.41, 5.74) is 6.38. The Balaban J connectivity index is 1.49. The Bertz CT molecular complexity index is 1320. The molecule has 0 aliphatic carbocycles. The number of carboxylic acids is 1. The molecule has 184 valence electrons. The summed E-state index contributed by atoms with van der Waals surface area (Å²) in [4.78, 5) is 52.6. The number of terminal acetylenes is 1. The summed E-state index contributed by atoms with van der Waals surface area (Å²) in [5, 5.41) is 19.1. The van der Waals surface area contributed by atoms with Crippen molar-refractivity contribution in [2.45, 2.75) is 11.4 Å². The molecule has 4 rings (SSSR count). The van der Waals surface area contributed by atoms with Crippen LogP contribution in [0.5, 0.6) is 0 Å². The number of oxime groups is 1. The van der Waals surface area contributed by atoms with E-state index in [0.29, 0.717) is 10.7 Å². The van der Waals surface area contributed by atoms with Crippen molar-refractivity contribution in [3.05, 3.63) is 57.2 Å². The molecule has 0 bridgehead atoms. The molecule has 2 aromatic heterocycles. The summed E-state index contributed by atoms with van der Waals surface area (Å²) in [6.45, 7) is -0.173. The molecule has 1 fully saturated rings. The lowest BCUT2D eigenvalue weighted by molar-refractivity contribution is -0.150. The predicted octanol–water partition coefficient (Wildman–Crippen LogP) is 1.57. The zero-order valence-electron chi connectivity index (χ0n) is 18.4. The van der Waals surface area contributed by atoms with E-state index in [1.807, 2.05) is 6.07 Å². The SMILES string of the molecule is C#CCON=C(C(=O)NC1C(=O)N2C(C(=O)O)=C(S/C=C\c3cccnc3)CS[C@H]12)c1csc(N)n1. The summed E-state index contributed by atoms with van der Waals surface area (Å²) in [6.07, 6.45) is 10.3. The van der Waals surface area contributed by atoms with Crippen LogP contribution >= 0.6 is 34.9 Å². The van der Waals surface area contributed by atoms with Crippen molar-refractivity contribution in [2.24, 2.45) is 5.16 Å². The number of nitrogens with zero attached hydrogens (tertiary/aromatic N) is 4. The Morgan fingerprint density at radius 2 is 2.33 bits per heavy atom. The molecule has 2 aliphatic heterocycles. The second-order valence-corrected chi connectivity index (χ2v) is 10.1. The quantitative estimate of drug-likeness (QED) is 0.140. The third-order valence-corrected chi connectivity index (χ3v) is 7.89. The standard InChI is InChI=1S/C22H18N6O5S3/c1-2-7-33-27-15(13-10-36-22(23)25-13)18(29)26-16-19(30)28-17(21(31)32)14(11-35-20(16)28)34-8-5-12-4-3-6-24-9-12/h1,3-6,8-10,16,20H,7,11H2,(H2,23,25)(H,26,29)(H,31,32)/b8-5-,27-15?/t16?,20-/m1/s1. The Hall–Kier alpha value is -3.80. The fourth-order valence-corrected chi connectivity index (χ4v) is 6.20. The van der Waals surface area contributed by atoms with Gasteiger partial charge in [0, 0.05) is 28.4 Å². The van der Waals surface area contributed by atoms with E-state index in [2.05, 4.69) is 26.4 Å². The van der Waals surface area contributed by atoms with E-state index in [1.54, 1.807) is 29.9 Å². The lowest BCUT2D eigenvalue weighted by Crippen LogP contribution is -2.71. The average molecular weight is 543 g/mol. The average Bonchev–Trinajstić information content (AvgIpc) is 3.30. The first-order valence-electron chi connectivity index (χ1n) is 10.2. The third kappa shape index (κ3) is 5.38. The van der Waals surface area contributed by atoms with Crippen molar-refractivity contribution in [1.82, 2.24) is 20.2 Å². The smallest absolute Gasteiger partial charge is 0.353 e. The molecule has 1 unspecified atom stereocenters. The van der Waals surface area contributed by atoms with Crippen molar-refractivity contribution >= 4 is 69.6 Å². The molecule has 0 spiro atoms. The van der Waals surface area contributed by atoms with Crippen LogP contribution < -0.4 is 11.1 Å². The lowest BCUT2D eigenvalue weighted by atomic mass is 10.0. The van der Waals surface area contributed by atoms with Gasteiger partial charge in [-0.1, -0.05) is 28.9 Å². The zero-order chi connectivity index (χ0) is 25.7. The fourth-order valence-electron chi connectivity index (χ4n) is 3.30. The number of hydrogen-bond donors (Lipinski definition) is 3. The minimum Gasteiger partial charge on any atom is -0.477 e. The number of thiazole rings is 1. The van der Waals surface area contributed by atoms with E-state index >= 15 is 0 Å². The topological polar surface area (TPSA) is 160 Å². The maximum atomic E-state index is 12.9. The van der Waals surface area contributed by atoms with Crippen LogP contribution in [0.2, 0.25) is 0 Å². The molecule has 36 heavy (non-hydrogen) atoms. The van der Waals surface area contributed by atoms with Gasteiger partial charge in [0.15, 0.2) is 17.5 Å². The summed E-state index contributed by atoms with van der Waals surface area (Å²) in [5.74, 6) is 0.0813. The van der Waals surface area contributed by atoms with Crippen LogP contribution in [-0.4, -0.2) is 67.2 Å². The number of aromatic nitrogens is 2. The van der Waals surface area contributed by atoms with Gasteiger partial charge < -0.3 is 21.0 Å². The van der Waals surface area contributed by atoms with Gasteiger partial charge in [-0.3, -0.25) is 19.5 Å². The monoisotopic (exact) mass is 542 g/mol. The molecule has 0 saturated carbocycles. The highest BCUT2D eigenvalue weighted by Crippen LogP contribution is 2.43. The number of nitrogens with one attached hydrogen (secondary N) is 1. The van der Waals surface area contributed by atoms with Crippen LogP contribution in [0, 0.1) is 12.3 Å². The minimum atomic E-state index is -1.22. The van der Waals surface area contributed by atoms with Gasteiger partial charge in [-0.05, 0) is 23.1 Å². The third-order valence-electron chi connectivity index (χ3n) is 4.86. The molecule has 0 aromatic carbocycles. The zero-order valence-corrected chi connectivity index (χ0v) is 20.8. The maximum absolute atomic E-state index is 12.9. The van der Waals surface area contributed by atoms with Crippen LogP contribution in [0.1, 0.15) is 11.3 Å². The summed E-state index contributed by atoms with van der Waals surface area (Å²) in [7, 11) is 0. The molecule has 1 saturated heterocycles. The maximum Gasteiger partial charge on any atom is 0.353 e. The number of pyridine rings is 1. The molecular formula is C22H18N6O5S3. The molecule has 2 amide bonds. The Morgan fingerprint density at radius 3 is 3.00 bits per heavy atom. The first kappa shape index (κ1) is 25.3. The fraction of sp³-hybridized carbons (Fsp3) is 0.182. The van der Waals surface area contributed by atoms with Gasteiger partial charge in [0.25, 0.3) is 11.8 Å². The second kappa shape index (κ2) is 11.3. The number of amides is 2. The van der Waals surface area contributed by atoms with E-state index in [0.717, 1.165) is 16.9 Å². The van der Waals surface area contributed by atoms with Gasteiger partial charge in [-0.25, -0.2) is 9.78 Å². The summed E-state index contributed by atoms with van der Waals surface area (Å²) in [6, 6.07) is 2.70. The summed E-state index contributed by atoms with van der Waals surface area (Å²) < 4.78 is 0. The van der Waals surface area contributed by atoms with Crippen molar-refractivity contribution in [1.29, 1.82) is 0 Å². The number of carboxylic acid groups (broad SMARTS) is 1. The van der Waals surface area contributed by atoms with Gasteiger partial charge in [0.05, 0.1) is 0 Å². The number of nitrogen functional groups attached to an aromatic ring is 1.